The summed E-state index contributed by atoms with van der Waals surface area (Å²) in [5, 5.41) is 1.24. The summed E-state index contributed by atoms with van der Waals surface area (Å²) in [5.41, 5.74) is 5.58. The zero-order valence-electron chi connectivity index (χ0n) is 14.8. The van der Waals surface area contributed by atoms with Gasteiger partial charge >= 0.3 is 0 Å². The van der Waals surface area contributed by atoms with Crippen molar-refractivity contribution in [1.82, 2.24) is 0 Å². The molecule has 3 aromatic carbocycles. The number of nitrogens with two attached hydrogens (primary N) is 1. The second kappa shape index (κ2) is 7.67. The van der Waals surface area contributed by atoms with E-state index in [-0.39, 0.29) is 16.1 Å². The highest BCUT2D eigenvalue weighted by atomic mass is 32.2. The summed E-state index contributed by atoms with van der Waals surface area (Å²) < 4.78 is 34.2. The second-order valence-electron chi connectivity index (χ2n) is 5.97. The van der Waals surface area contributed by atoms with E-state index in [2.05, 4.69) is 4.72 Å². The van der Waals surface area contributed by atoms with Crippen molar-refractivity contribution in [2.45, 2.75) is 18.2 Å². The Morgan fingerprint density at radius 2 is 1.67 bits per heavy atom. The average Bonchev–Trinajstić information content (AvgIpc) is 2.65. The van der Waals surface area contributed by atoms with Crippen LogP contribution >= 0.6 is 0 Å². The fraction of sp³-hybridized carbons (Fsp3) is 0.150. The first-order valence-corrected chi connectivity index (χ1v) is 9.98. The van der Waals surface area contributed by atoms with E-state index in [9.17, 15) is 13.2 Å². The van der Waals surface area contributed by atoms with Crippen molar-refractivity contribution in [2.75, 3.05) is 11.3 Å². The molecule has 0 unspecified atom stereocenters. The van der Waals surface area contributed by atoms with Crippen molar-refractivity contribution in [3.8, 4) is 5.75 Å². The van der Waals surface area contributed by atoms with Crippen LogP contribution in [0.4, 0.5) is 5.69 Å². The topological polar surface area (TPSA) is 98.5 Å². The van der Waals surface area contributed by atoms with E-state index in [0.29, 0.717) is 23.1 Å². The molecule has 1 amide bonds. The molecule has 27 heavy (non-hydrogen) atoms. The Kier molecular flexibility index (Phi) is 5.32. The van der Waals surface area contributed by atoms with Crippen molar-refractivity contribution in [3.05, 3.63) is 66.2 Å². The summed E-state index contributed by atoms with van der Waals surface area (Å²) in [6, 6.07) is 16.5. The molecule has 0 atom stereocenters. The van der Waals surface area contributed by atoms with Gasteiger partial charge in [0.2, 0.25) is 0 Å². The molecule has 0 aliphatic rings. The molecule has 3 N–H and O–H groups in total. The van der Waals surface area contributed by atoms with Gasteiger partial charge in [-0.1, -0.05) is 43.3 Å². The lowest BCUT2D eigenvalue weighted by Gasteiger charge is -2.15. The number of fused-ring (bicyclic) bond motifs is 1. The minimum absolute atomic E-state index is 0.0984. The molecule has 0 aromatic heterocycles. The van der Waals surface area contributed by atoms with E-state index in [1.54, 1.807) is 30.3 Å². The number of benzene rings is 3. The minimum Gasteiger partial charge on any atom is -0.493 e. The maximum atomic E-state index is 13.0. The summed E-state index contributed by atoms with van der Waals surface area (Å²) in [4.78, 5) is 11.7. The largest absolute Gasteiger partial charge is 0.493 e. The van der Waals surface area contributed by atoms with Crippen molar-refractivity contribution in [1.29, 1.82) is 0 Å². The molecule has 3 rings (SSSR count). The molecular formula is C20H20N2O4S. The highest BCUT2D eigenvalue weighted by molar-refractivity contribution is 7.93. The highest BCUT2D eigenvalue weighted by Crippen LogP contribution is 2.32. The molecule has 0 radical (unpaired) electrons. The number of amides is 1. The number of ether oxygens (including phenoxy) is 1. The number of para-hydroxylation sites is 1. The van der Waals surface area contributed by atoms with E-state index in [4.69, 9.17) is 10.5 Å². The van der Waals surface area contributed by atoms with Crippen molar-refractivity contribution in [2.24, 2.45) is 5.73 Å². The van der Waals surface area contributed by atoms with Crippen LogP contribution in [-0.4, -0.2) is 20.9 Å². The summed E-state index contributed by atoms with van der Waals surface area (Å²) in [6.45, 7) is 2.54. The number of primary amides is 1. The van der Waals surface area contributed by atoms with Crippen LogP contribution in [0.1, 0.15) is 23.7 Å². The molecule has 0 bridgehead atoms. The van der Waals surface area contributed by atoms with Crippen LogP contribution in [-0.2, 0) is 10.0 Å². The molecule has 0 aliphatic heterocycles. The van der Waals surface area contributed by atoms with Gasteiger partial charge in [0.1, 0.15) is 5.75 Å². The number of hydrogen-bond donors (Lipinski definition) is 2. The number of carbonyl (C=O) groups is 1. The lowest BCUT2D eigenvalue weighted by molar-refractivity contribution is 0.100. The molecule has 3 aromatic rings. The van der Waals surface area contributed by atoms with Gasteiger partial charge in [0.05, 0.1) is 22.8 Å². The fourth-order valence-electron chi connectivity index (χ4n) is 2.80. The number of nitrogens with one attached hydrogen (secondary N) is 1. The van der Waals surface area contributed by atoms with Crippen molar-refractivity contribution in [3.63, 3.8) is 0 Å². The minimum atomic E-state index is -3.95. The monoisotopic (exact) mass is 384 g/mol. The van der Waals surface area contributed by atoms with Crippen LogP contribution < -0.4 is 15.2 Å². The van der Waals surface area contributed by atoms with Gasteiger partial charge in [-0.15, -0.1) is 0 Å². The zero-order valence-corrected chi connectivity index (χ0v) is 15.6. The molecule has 0 fully saturated rings. The van der Waals surface area contributed by atoms with Crippen LogP contribution in [0.3, 0.4) is 0 Å². The first-order chi connectivity index (χ1) is 12.9. The summed E-state index contributed by atoms with van der Waals surface area (Å²) in [5.74, 6) is -0.0783. The van der Waals surface area contributed by atoms with Gasteiger partial charge in [-0.05, 0) is 30.7 Å². The SMILES string of the molecule is CCCOc1ccc(S(=O)(=O)Nc2ccccc2C(N)=O)c2ccccc12. The Labute approximate surface area is 158 Å². The van der Waals surface area contributed by atoms with Gasteiger partial charge in [0, 0.05) is 10.8 Å². The summed E-state index contributed by atoms with van der Waals surface area (Å²) in [6.07, 6.45) is 0.847. The second-order valence-corrected chi connectivity index (χ2v) is 7.62. The molecule has 6 nitrogen and oxygen atoms in total. The molecule has 140 valence electrons. The Morgan fingerprint density at radius 3 is 2.37 bits per heavy atom. The molecule has 7 heteroatoms. The Balaban J connectivity index is 2.08. The van der Waals surface area contributed by atoms with Gasteiger partial charge in [-0.2, -0.15) is 0 Å². The lowest BCUT2D eigenvalue weighted by atomic mass is 10.1. The third-order valence-electron chi connectivity index (χ3n) is 4.03. The maximum Gasteiger partial charge on any atom is 0.262 e. The molecule has 0 spiro atoms. The van der Waals surface area contributed by atoms with Crippen LogP contribution in [0.2, 0.25) is 0 Å². The van der Waals surface area contributed by atoms with Gasteiger partial charge < -0.3 is 10.5 Å². The van der Waals surface area contributed by atoms with Crippen LogP contribution in [0.25, 0.3) is 10.8 Å². The Morgan fingerprint density at radius 1 is 1.00 bits per heavy atom. The fourth-order valence-corrected chi connectivity index (χ4v) is 4.09. The Hall–Kier alpha value is -3.06. The normalized spacial score (nSPS) is 11.3. The number of rotatable bonds is 7. The third-order valence-corrected chi connectivity index (χ3v) is 5.46. The standard InChI is InChI=1S/C20H20N2O4S/c1-2-13-26-18-11-12-19(15-8-4-3-7-14(15)18)27(24,25)22-17-10-6-5-9-16(17)20(21)23/h3-12,22H,2,13H2,1H3,(H2,21,23). The van der Waals surface area contributed by atoms with Crippen LogP contribution in [0, 0.1) is 0 Å². The first kappa shape index (κ1) is 18.7. The third kappa shape index (κ3) is 3.88. The number of carbonyl (C=O) groups excluding carboxylic acids is 1. The highest BCUT2D eigenvalue weighted by Gasteiger charge is 2.21. The van der Waals surface area contributed by atoms with E-state index in [1.165, 1.54) is 18.2 Å². The number of anilines is 1. The Bertz CT molecular complexity index is 1090. The van der Waals surface area contributed by atoms with E-state index in [0.717, 1.165) is 6.42 Å². The summed E-state index contributed by atoms with van der Waals surface area (Å²) in [7, 11) is -3.95. The summed E-state index contributed by atoms with van der Waals surface area (Å²) >= 11 is 0. The van der Waals surface area contributed by atoms with Gasteiger partial charge in [-0.25, -0.2) is 8.42 Å². The van der Waals surface area contributed by atoms with Crippen LogP contribution in [0.5, 0.6) is 5.75 Å². The van der Waals surface area contributed by atoms with E-state index in [1.807, 2.05) is 19.1 Å². The quantitative estimate of drug-likeness (QED) is 0.651. The molecule has 0 saturated heterocycles. The lowest BCUT2D eigenvalue weighted by Crippen LogP contribution is -2.18. The molecule has 0 heterocycles. The molecule has 0 saturated carbocycles. The van der Waals surface area contributed by atoms with E-state index < -0.39 is 15.9 Å². The number of sulfonamides is 1. The average molecular weight is 384 g/mol. The number of hydrogen-bond acceptors (Lipinski definition) is 4. The predicted octanol–water partition coefficient (Wildman–Crippen LogP) is 3.53. The van der Waals surface area contributed by atoms with Crippen LogP contribution in [0.15, 0.2) is 65.6 Å². The van der Waals surface area contributed by atoms with Crippen molar-refractivity contribution < 1.29 is 17.9 Å². The first-order valence-electron chi connectivity index (χ1n) is 8.50. The maximum absolute atomic E-state index is 13.0. The predicted molar refractivity (Wildman–Crippen MR) is 106 cm³/mol. The molecular weight excluding hydrogens is 364 g/mol. The smallest absolute Gasteiger partial charge is 0.262 e. The van der Waals surface area contributed by atoms with Gasteiger partial charge in [-0.3, -0.25) is 9.52 Å². The van der Waals surface area contributed by atoms with Gasteiger partial charge in [0.25, 0.3) is 15.9 Å². The molecule has 0 aliphatic carbocycles. The zero-order chi connectivity index (χ0) is 19.4. The van der Waals surface area contributed by atoms with E-state index >= 15 is 0 Å². The van der Waals surface area contributed by atoms with Gasteiger partial charge in [0.15, 0.2) is 0 Å². The van der Waals surface area contributed by atoms with Crippen molar-refractivity contribution >= 4 is 32.4 Å².